The number of ether oxygens (including phenoxy) is 1. The second-order valence-electron chi connectivity index (χ2n) is 4.17. The van der Waals surface area contributed by atoms with E-state index in [2.05, 4.69) is 5.32 Å². The molecule has 0 saturated carbocycles. The zero-order chi connectivity index (χ0) is 12.4. The molecule has 0 bridgehead atoms. The van der Waals surface area contributed by atoms with Crippen LogP contribution in [0.5, 0.6) is 0 Å². The molecule has 0 atom stereocenters. The highest BCUT2D eigenvalue weighted by atomic mass is 32.2. The topological polar surface area (TPSA) is 55.4 Å². The van der Waals surface area contributed by atoms with Gasteiger partial charge in [-0.2, -0.15) is 0 Å². The first-order chi connectivity index (χ1) is 7.48. The predicted octanol–water partition coefficient (Wildman–Crippen LogP) is 1.22. The van der Waals surface area contributed by atoms with Gasteiger partial charge in [0.25, 0.3) is 0 Å². The summed E-state index contributed by atoms with van der Waals surface area (Å²) in [5, 5.41) is 3.11. The maximum atomic E-state index is 11.3. The van der Waals surface area contributed by atoms with E-state index in [4.69, 9.17) is 4.74 Å². The van der Waals surface area contributed by atoms with Gasteiger partial charge in [-0.1, -0.05) is 6.92 Å². The molecule has 0 heterocycles. The van der Waals surface area contributed by atoms with Crippen LogP contribution in [0.1, 0.15) is 33.6 Å². The van der Waals surface area contributed by atoms with Crippen LogP contribution in [0.15, 0.2) is 0 Å². The first-order valence-electron chi connectivity index (χ1n) is 6.00. The van der Waals surface area contributed by atoms with Crippen molar-refractivity contribution in [2.75, 3.05) is 31.2 Å². The first kappa shape index (κ1) is 15.9. The molecule has 4 nitrogen and oxygen atoms in total. The summed E-state index contributed by atoms with van der Waals surface area (Å²) in [5.74, 6) is 0.539. The number of hydrogen-bond acceptors (Lipinski definition) is 4. The lowest BCUT2D eigenvalue weighted by Gasteiger charge is -2.08. The number of hydrogen-bond donors (Lipinski definition) is 1. The highest BCUT2D eigenvalue weighted by Gasteiger charge is 2.07. The molecule has 0 saturated heterocycles. The molecule has 1 N–H and O–H groups in total. The Hall–Kier alpha value is -0.130. The SMILES string of the molecule is CCCS(=O)(=O)CCNCCCOC(C)C. The van der Waals surface area contributed by atoms with E-state index in [1.165, 1.54) is 0 Å². The second-order valence-corrected chi connectivity index (χ2v) is 6.48. The number of nitrogens with one attached hydrogen (secondary N) is 1. The van der Waals surface area contributed by atoms with Gasteiger partial charge in [0, 0.05) is 18.9 Å². The second kappa shape index (κ2) is 8.96. The van der Waals surface area contributed by atoms with Crippen molar-refractivity contribution in [1.82, 2.24) is 5.32 Å². The van der Waals surface area contributed by atoms with Gasteiger partial charge < -0.3 is 10.1 Å². The molecule has 0 amide bonds. The summed E-state index contributed by atoms with van der Waals surface area (Å²) in [4.78, 5) is 0. The van der Waals surface area contributed by atoms with E-state index in [9.17, 15) is 8.42 Å². The normalized spacial score (nSPS) is 12.2. The molecule has 5 heteroatoms. The molecule has 0 radical (unpaired) electrons. The average Bonchev–Trinajstić information content (AvgIpc) is 2.15. The quantitative estimate of drug-likeness (QED) is 0.593. The first-order valence-corrected chi connectivity index (χ1v) is 7.83. The summed E-state index contributed by atoms with van der Waals surface area (Å²) in [5.41, 5.74) is 0. The van der Waals surface area contributed by atoms with Crippen molar-refractivity contribution in [1.29, 1.82) is 0 Å². The Morgan fingerprint density at radius 3 is 2.44 bits per heavy atom. The standard InChI is InChI=1S/C11H25NO3S/c1-4-9-16(13,14)10-7-12-6-5-8-15-11(2)3/h11-12H,4-10H2,1-3H3. The molecule has 0 unspecified atom stereocenters. The number of rotatable bonds is 10. The van der Waals surface area contributed by atoms with Gasteiger partial charge in [-0.25, -0.2) is 8.42 Å². The minimum Gasteiger partial charge on any atom is -0.379 e. The summed E-state index contributed by atoms with van der Waals surface area (Å²) in [6, 6.07) is 0. The van der Waals surface area contributed by atoms with E-state index >= 15 is 0 Å². The molecule has 98 valence electrons. The van der Waals surface area contributed by atoms with Crippen molar-refractivity contribution < 1.29 is 13.2 Å². The minimum atomic E-state index is -2.83. The summed E-state index contributed by atoms with van der Waals surface area (Å²) in [7, 11) is -2.83. The van der Waals surface area contributed by atoms with Crippen LogP contribution >= 0.6 is 0 Å². The Balaban J connectivity index is 3.33. The summed E-state index contributed by atoms with van der Waals surface area (Å²) in [6.45, 7) is 7.98. The van der Waals surface area contributed by atoms with Crippen LogP contribution in [0.2, 0.25) is 0 Å². The van der Waals surface area contributed by atoms with Gasteiger partial charge in [-0.3, -0.25) is 0 Å². The van der Waals surface area contributed by atoms with Gasteiger partial charge in [0.2, 0.25) is 0 Å². The smallest absolute Gasteiger partial charge is 0.151 e. The molecule has 0 aromatic heterocycles. The fourth-order valence-corrected chi connectivity index (χ4v) is 2.56. The van der Waals surface area contributed by atoms with E-state index in [0.29, 0.717) is 18.7 Å². The summed E-state index contributed by atoms with van der Waals surface area (Å²) < 4.78 is 28.1. The molecule has 0 aromatic rings. The molecular formula is C11H25NO3S. The highest BCUT2D eigenvalue weighted by Crippen LogP contribution is 1.92. The van der Waals surface area contributed by atoms with Crippen molar-refractivity contribution in [3.8, 4) is 0 Å². The van der Waals surface area contributed by atoms with Crippen molar-refractivity contribution in [2.45, 2.75) is 39.7 Å². The van der Waals surface area contributed by atoms with Gasteiger partial charge in [-0.05, 0) is 33.2 Å². The van der Waals surface area contributed by atoms with Crippen LogP contribution in [-0.4, -0.2) is 45.7 Å². The van der Waals surface area contributed by atoms with Gasteiger partial charge in [0.1, 0.15) is 0 Å². The molecule has 0 aliphatic rings. The Morgan fingerprint density at radius 1 is 1.19 bits per heavy atom. The Kier molecular flexibility index (Phi) is 8.89. The van der Waals surface area contributed by atoms with E-state index in [-0.39, 0.29) is 11.9 Å². The molecule has 0 aliphatic heterocycles. The maximum absolute atomic E-state index is 11.3. The monoisotopic (exact) mass is 251 g/mol. The van der Waals surface area contributed by atoms with Crippen molar-refractivity contribution in [3.05, 3.63) is 0 Å². The molecule has 16 heavy (non-hydrogen) atoms. The molecule has 0 spiro atoms. The minimum absolute atomic E-state index is 0.242. The van der Waals surface area contributed by atoms with Gasteiger partial charge in [0.15, 0.2) is 9.84 Å². The van der Waals surface area contributed by atoms with E-state index in [1.54, 1.807) is 0 Å². The largest absolute Gasteiger partial charge is 0.379 e. The molecule has 0 aliphatic carbocycles. The number of sulfone groups is 1. The van der Waals surface area contributed by atoms with Gasteiger partial charge in [-0.15, -0.1) is 0 Å². The lowest BCUT2D eigenvalue weighted by atomic mass is 10.4. The molecule has 0 rings (SSSR count). The maximum Gasteiger partial charge on any atom is 0.151 e. The fraction of sp³-hybridized carbons (Fsp3) is 1.00. The van der Waals surface area contributed by atoms with Crippen LogP contribution in [0.3, 0.4) is 0 Å². The predicted molar refractivity (Wildman–Crippen MR) is 67.5 cm³/mol. The van der Waals surface area contributed by atoms with E-state index < -0.39 is 9.84 Å². The van der Waals surface area contributed by atoms with Crippen molar-refractivity contribution in [2.24, 2.45) is 0 Å². The summed E-state index contributed by atoms with van der Waals surface area (Å²) >= 11 is 0. The average molecular weight is 251 g/mol. The third kappa shape index (κ3) is 10.4. The molecule has 0 fully saturated rings. The zero-order valence-corrected chi connectivity index (χ0v) is 11.5. The lowest BCUT2D eigenvalue weighted by Crippen LogP contribution is -2.26. The van der Waals surface area contributed by atoms with Crippen LogP contribution < -0.4 is 5.32 Å². The van der Waals surface area contributed by atoms with Crippen molar-refractivity contribution in [3.63, 3.8) is 0 Å². The molecular weight excluding hydrogens is 226 g/mol. The lowest BCUT2D eigenvalue weighted by molar-refractivity contribution is 0.0772. The van der Waals surface area contributed by atoms with Gasteiger partial charge >= 0.3 is 0 Å². The van der Waals surface area contributed by atoms with Gasteiger partial charge in [0.05, 0.1) is 11.9 Å². The fourth-order valence-electron chi connectivity index (χ4n) is 1.28. The summed E-state index contributed by atoms with van der Waals surface area (Å²) in [6.07, 6.45) is 1.89. The van der Waals surface area contributed by atoms with Crippen LogP contribution in [0, 0.1) is 0 Å². The van der Waals surface area contributed by atoms with E-state index in [1.807, 2.05) is 20.8 Å². The molecule has 0 aromatic carbocycles. The van der Waals surface area contributed by atoms with Crippen LogP contribution in [0.25, 0.3) is 0 Å². The Bertz CT molecular complexity index is 250. The zero-order valence-electron chi connectivity index (χ0n) is 10.7. The Labute approximate surface area is 99.7 Å². The van der Waals surface area contributed by atoms with Crippen LogP contribution in [-0.2, 0) is 14.6 Å². The Morgan fingerprint density at radius 2 is 1.88 bits per heavy atom. The van der Waals surface area contributed by atoms with Crippen molar-refractivity contribution >= 4 is 9.84 Å². The third-order valence-corrected chi connectivity index (χ3v) is 3.91. The van der Waals surface area contributed by atoms with Crippen LogP contribution in [0.4, 0.5) is 0 Å². The van der Waals surface area contributed by atoms with E-state index in [0.717, 1.165) is 19.6 Å². The highest BCUT2D eigenvalue weighted by molar-refractivity contribution is 7.91. The third-order valence-electron chi connectivity index (χ3n) is 2.05.